The zero-order chi connectivity index (χ0) is 19.6. The molecule has 2 unspecified atom stereocenters. The maximum absolute atomic E-state index is 13.9. The lowest BCUT2D eigenvalue weighted by molar-refractivity contribution is -0.121. The Bertz CT molecular complexity index is 959. The number of fused-ring (bicyclic) bond motifs is 1. The fraction of sp³-hybridized carbons (Fsp3) is 0.421. The second-order valence-electron chi connectivity index (χ2n) is 6.90. The van der Waals surface area contributed by atoms with Crippen LogP contribution in [0.3, 0.4) is 0 Å². The smallest absolute Gasteiger partial charge is 0.252 e. The van der Waals surface area contributed by atoms with Gasteiger partial charge in [0.25, 0.3) is 5.56 Å². The minimum atomic E-state index is -1.06. The van der Waals surface area contributed by atoms with E-state index in [0.29, 0.717) is 6.54 Å². The molecular formula is C19H20F2N4O2. The van der Waals surface area contributed by atoms with Crippen molar-refractivity contribution in [3.05, 3.63) is 45.8 Å². The molecule has 8 heteroatoms. The molecule has 3 atom stereocenters. The van der Waals surface area contributed by atoms with Gasteiger partial charge in [0.1, 0.15) is 0 Å². The largest absolute Gasteiger partial charge is 0.352 e. The van der Waals surface area contributed by atoms with Crippen molar-refractivity contribution in [2.24, 2.45) is 5.92 Å². The molecule has 1 aromatic carbocycles. The third kappa shape index (κ3) is 4.14. The summed E-state index contributed by atoms with van der Waals surface area (Å²) in [5.41, 5.74) is -0.267. The number of halogens is 2. The number of rotatable bonds is 4. The third-order valence-electron chi connectivity index (χ3n) is 4.97. The van der Waals surface area contributed by atoms with Gasteiger partial charge in [0, 0.05) is 29.6 Å². The van der Waals surface area contributed by atoms with Gasteiger partial charge in [-0.05, 0) is 38.0 Å². The summed E-state index contributed by atoms with van der Waals surface area (Å²) in [5, 5.41) is 14.9. The SMILES string of the molecule is C[C@H](NC(=O)Cc1cc2c(F)c(F)ccc2[nH]c1=O)C1CCC(C#N)CN1. The Morgan fingerprint density at radius 1 is 1.41 bits per heavy atom. The summed E-state index contributed by atoms with van der Waals surface area (Å²) < 4.78 is 27.3. The number of H-pyrrole nitrogens is 1. The molecule has 3 N–H and O–H groups in total. The van der Waals surface area contributed by atoms with E-state index in [9.17, 15) is 18.4 Å². The number of hydrogen-bond donors (Lipinski definition) is 3. The van der Waals surface area contributed by atoms with Crippen LogP contribution in [0.15, 0.2) is 23.0 Å². The average molecular weight is 374 g/mol. The summed E-state index contributed by atoms with van der Waals surface area (Å²) in [6.45, 7) is 2.43. The molecule has 2 aromatic rings. The number of nitrogens with one attached hydrogen (secondary N) is 3. The van der Waals surface area contributed by atoms with E-state index in [0.717, 1.165) is 18.9 Å². The Balaban J connectivity index is 1.69. The van der Waals surface area contributed by atoms with Crippen molar-refractivity contribution in [3.63, 3.8) is 0 Å². The number of amides is 1. The molecule has 3 rings (SSSR count). The summed E-state index contributed by atoms with van der Waals surface area (Å²) >= 11 is 0. The van der Waals surface area contributed by atoms with Gasteiger partial charge >= 0.3 is 0 Å². The minimum absolute atomic E-state index is 0.0180. The highest BCUT2D eigenvalue weighted by atomic mass is 19.2. The number of benzene rings is 1. The van der Waals surface area contributed by atoms with Crippen molar-refractivity contribution >= 4 is 16.8 Å². The van der Waals surface area contributed by atoms with Crippen molar-refractivity contribution in [2.45, 2.75) is 38.3 Å². The Kier molecular flexibility index (Phi) is 5.51. The zero-order valence-electron chi connectivity index (χ0n) is 14.8. The number of nitrogens with zero attached hydrogens (tertiary/aromatic N) is 1. The number of hydrogen-bond acceptors (Lipinski definition) is 4. The van der Waals surface area contributed by atoms with Gasteiger partial charge in [-0.3, -0.25) is 9.59 Å². The maximum atomic E-state index is 13.9. The van der Waals surface area contributed by atoms with Crippen molar-refractivity contribution in [1.82, 2.24) is 15.6 Å². The predicted molar refractivity (Wildman–Crippen MR) is 95.9 cm³/mol. The molecule has 0 radical (unpaired) electrons. The molecule has 0 spiro atoms. The quantitative estimate of drug-likeness (QED) is 0.759. The van der Waals surface area contributed by atoms with Crippen LogP contribution in [0.4, 0.5) is 8.78 Å². The molecule has 0 aliphatic carbocycles. The first-order chi connectivity index (χ1) is 12.9. The van der Waals surface area contributed by atoms with Gasteiger partial charge in [-0.25, -0.2) is 8.78 Å². The lowest BCUT2D eigenvalue weighted by atomic mass is 9.92. The van der Waals surface area contributed by atoms with E-state index >= 15 is 0 Å². The second-order valence-corrected chi connectivity index (χ2v) is 6.90. The first-order valence-electron chi connectivity index (χ1n) is 8.81. The van der Waals surface area contributed by atoms with Crippen molar-refractivity contribution < 1.29 is 13.6 Å². The van der Waals surface area contributed by atoms with E-state index in [4.69, 9.17) is 5.26 Å². The summed E-state index contributed by atoms with van der Waals surface area (Å²) in [7, 11) is 0. The molecule has 0 bridgehead atoms. The topological polar surface area (TPSA) is 97.8 Å². The number of carbonyl (C=O) groups excluding carboxylic acids is 1. The van der Waals surface area contributed by atoms with E-state index in [1.54, 1.807) is 0 Å². The Hall–Kier alpha value is -2.79. The summed E-state index contributed by atoms with van der Waals surface area (Å²) in [4.78, 5) is 26.9. The Morgan fingerprint density at radius 2 is 2.19 bits per heavy atom. The molecule has 1 aliphatic rings. The van der Waals surface area contributed by atoms with Crippen LogP contribution in [0.1, 0.15) is 25.3 Å². The van der Waals surface area contributed by atoms with E-state index in [-0.39, 0.29) is 46.8 Å². The van der Waals surface area contributed by atoms with Gasteiger partial charge in [0.15, 0.2) is 11.6 Å². The first-order valence-corrected chi connectivity index (χ1v) is 8.81. The molecule has 1 aliphatic heterocycles. The Morgan fingerprint density at radius 3 is 2.85 bits per heavy atom. The van der Waals surface area contributed by atoms with Crippen molar-refractivity contribution in [1.29, 1.82) is 5.26 Å². The van der Waals surface area contributed by atoms with Gasteiger partial charge < -0.3 is 15.6 Å². The van der Waals surface area contributed by atoms with Crippen LogP contribution in [-0.4, -0.2) is 29.5 Å². The Labute approximate surface area is 154 Å². The summed E-state index contributed by atoms with van der Waals surface area (Å²) in [6.07, 6.45) is 1.30. The maximum Gasteiger partial charge on any atom is 0.252 e. The highest BCUT2D eigenvalue weighted by Crippen LogP contribution is 2.19. The van der Waals surface area contributed by atoms with Gasteiger partial charge in [0.2, 0.25) is 5.91 Å². The predicted octanol–water partition coefficient (Wildman–Crippen LogP) is 1.75. The molecule has 2 heterocycles. The van der Waals surface area contributed by atoms with Crippen LogP contribution in [0, 0.1) is 28.9 Å². The number of aromatic nitrogens is 1. The third-order valence-corrected chi connectivity index (χ3v) is 4.97. The summed E-state index contributed by atoms with van der Waals surface area (Å²) in [6, 6.07) is 5.51. The lowest BCUT2D eigenvalue weighted by Gasteiger charge is -2.31. The van der Waals surface area contributed by atoms with Gasteiger partial charge in [-0.15, -0.1) is 0 Å². The van der Waals surface area contributed by atoms with E-state index in [1.807, 2.05) is 6.92 Å². The lowest BCUT2D eigenvalue weighted by Crippen LogP contribution is -2.52. The molecule has 1 amide bonds. The summed E-state index contributed by atoms with van der Waals surface area (Å²) in [5.74, 6) is -2.47. The molecule has 1 saturated heterocycles. The van der Waals surface area contributed by atoms with Crippen molar-refractivity contribution in [2.75, 3.05) is 6.54 Å². The number of pyridine rings is 1. The van der Waals surface area contributed by atoms with Crippen LogP contribution in [0.5, 0.6) is 0 Å². The average Bonchev–Trinajstić information content (AvgIpc) is 2.66. The van der Waals surface area contributed by atoms with Gasteiger partial charge in [-0.2, -0.15) is 5.26 Å². The minimum Gasteiger partial charge on any atom is -0.352 e. The normalized spacial score (nSPS) is 20.8. The molecule has 6 nitrogen and oxygen atoms in total. The van der Waals surface area contributed by atoms with E-state index in [2.05, 4.69) is 21.7 Å². The number of carbonyl (C=O) groups is 1. The zero-order valence-corrected chi connectivity index (χ0v) is 14.8. The highest BCUT2D eigenvalue weighted by Gasteiger charge is 2.25. The van der Waals surface area contributed by atoms with Crippen molar-refractivity contribution in [3.8, 4) is 6.07 Å². The van der Waals surface area contributed by atoms with Crippen LogP contribution in [0.25, 0.3) is 10.9 Å². The first kappa shape index (κ1) is 19.0. The molecular weight excluding hydrogens is 354 g/mol. The van der Waals surface area contributed by atoms with Crippen LogP contribution >= 0.6 is 0 Å². The molecule has 1 fully saturated rings. The standard InChI is InChI=1S/C19H20F2N4O2/c1-10(15-4-2-11(8-22)9-23-15)24-17(26)7-12-6-13-16(25-19(12)27)5-3-14(20)18(13)21/h3,5-6,10-11,15,23H,2,4,7,9H2,1H3,(H,24,26)(H,25,27)/t10-,11?,15?/m0/s1. The molecule has 0 saturated carbocycles. The van der Waals surface area contributed by atoms with Crippen LogP contribution in [-0.2, 0) is 11.2 Å². The number of nitriles is 1. The second kappa shape index (κ2) is 7.84. The van der Waals surface area contributed by atoms with Crippen LogP contribution < -0.4 is 16.2 Å². The number of piperidine rings is 1. The van der Waals surface area contributed by atoms with E-state index in [1.165, 1.54) is 12.1 Å². The van der Waals surface area contributed by atoms with Gasteiger partial charge in [0.05, 0.1) is 23.9 Å². The number of aromatic amines is 1. The molecule has 142 valence electrons. The van der Waals surface area contributed by atoms with Gasteiger partial charge in [-0.1, -0.05) is 0 Å². The fourth-order valence-corrected chi connectivity index (χ4v) is 3.38. The van der Waals surface area contributed by atoms with E-state index < -0.39 is 17.2 Å². The highest BCUT2D eigenvalue weighted by molar-refractivity contribution is 5.83. The monoisotopic (exact) mass is 374 g/mol. The fourth-order valence-electron chi connectivity index (χ4n) is 3.38. The molecule has 1 aromatic heterocycles. The molecule has 27 heavy (non-hydrogen) atoms. The van der Waals surface area contributed by atoms with Crippen LogP contribution in [0.2, 0.25) is 0 Å².